The van der Waals surface area contributed by atoms with Crippen molar-refractivity contribution in [3.63, 3.8) is 0 Å². The number of rotatable bonds is 8. The van der Waals surface area contributed by atoms with Gasteiger partial charge in [-0.05, 0) is 35.8 Å². The van der Waals surface area contributed by atoms with Gasteiger partial charge in [0.05, 0.1) is 11.6 Å². The molecule has 3 heteroatoms. The van der Waals surface area contributed by atoms with E-state index in [1.54, 1.807) is 0 Å². The summed E-state index contributed by atoms with van der Waals surface area (Å²) in [6.45, 7) is 10.7. The van der Waals surface area contributed by atoms with Crippen molar-refractivity contribution >= 4 is 5.78 Å². The summed E-state index contributed by atoms with van der Waals surface area (Å²) in [4.78, 5) is 15.7. The van der Waals surface area contributed by atoms with Crippen LogP contribution >= 0.6 is 0 Å². The van der Waals surface area contributed by atoms with Crippen molar-refractivity contribution in [2.45, 2.75) is 64.7 Å². The first-order valence-corrected chi connectivity index (χ1v) is 13.0. The van der Waals surface area contributed by atoms with Crippen molar-refractivity contribution in [3.8, 4) is 0 Å². The lowest BCUT2D eigenvalue weighted by atomic mass is 9.70. The normalized spacial score (nSPS) is 17.3. The van der Waals surface area contributed by atoms with E-state index >= 15 is 0 Å². The number of nitrogens with zero attached hydrogens (tertiary/aromatic N) is 1. The molecular weight excluding hydrogens is 430 g/mol. The fourth-order valence-electron chi connectivity index (χ4n) is 5.46. The molecule has 1 aliphatic rings. The summed E-state index contributed by atoms with van der Waals surface area (Å²) in [6.07, 6.45) is 2.47. The Kier molecular flexibility index (Phi) is 7.88. The van der Waals surface area contributed by atoms with Crippen molar-refractivity contribution in [2.75, 3.05) is 13.1 Å². The van der Waals surface area contributed by atoms with E-state index in [1.807, 2.05) is 30.3 Å². The summed E-state index contributed by atoms with van der Waals surface area (Å²) in [5.74, 6) is 0.226. The highest BCUT2D eigenvalue weighted by atomic mass is 16.5. The van der Waals surface area contributed by atoms with Crippen LogP contribution in [0.5, 0.6) is 0 Å². The second kappa shape index (κ2) is 10.9. The van der Waals surface area contributed by atoms with E-state index in [-0.39, 0.29) is 28.9 Å². The molecule has 0 amide bonds. The molecule has 0 bridgehead atoms. The largest absolute Gasteiger partial charge is 0.362 e. The minimum Gasteiger partial charge on any atom is -0.362 e. The third-order valence-electron chi connectivity index (χ3n) is 7.71. The molecule has 0 aromatic heterocycles. The zero-order valence-electron chi connectivity index (χ0n) is 21.6. The monoisotopic (exact) mass is 469 g/mol. The van der Waals surface area contributed by atoms with Crippen LogP contribution in [0.25, 0.3) is 0 Å². The smallest absolute Gasteiger partial charge is 0.179 e. The van der Waals surface area contributed by atoms with E-state index in [4.69, 9.17) is 4.74 Å². The number of piperidine rings is 1. The summed E-state index contributed by atoms with van der Waals surface area (Å²) in [5, 5.41) is 0. The zero-order valence-corrected chi connectivity index (χ0v) is 21.6. The van der Waals surface area contributed by atoms with Gasteiger partial charge in [-0.15, -0.1) is 0 Å². The van der Waals surface area contributed by atoms with Crippen LogP contribution in [0.3, 0.4) is 0 Å². The number of ketones is 1. The van der Waals surface area contributed by atoms with Gasteiger partial charge in [0, 0.05) is 18.7 Å². The summed E-state index contributed by atoms with van der Waals surface area (Å²) in [6, 6.07) is 30.7. The molecule has 1 heterocycles. The molecule has 1 saturated heterocycles. The van der Waals surface area contributed by atoms with Crippen LogP contribution in [0.4, 0.5) is 0 Å². The number of benzene rings is 3. The van der Waals surface area contributed by atoms with Gasteiger partial charge in [-0.2, -0.15) is 0 Å². The molecule has 0 N–H and O–H groups in total. The van der Waals surface area contributed by atoms with Gasteiger partial charge in [-0.3, -0.25) is 9.69 Å². The van der Waals surface area contributed by atoms with Crippen LogP contribution in [-0.4, -0.2) is 35.4 Å². The maximum absolute atomic E-state index is 13.3. The lowest BCUT2D eigenvalue weighted by Crippen LogP contribution is -2.56. The number of carbonyl (C=O) groups is 1. The number of carbonyl (C=O) groups excluding carboxylic acids is 1. The van der Waals surface area contributed by atoms with Gasteiger partial charge < -0.3 is 4.74 Å². The SMILES string of the molecule is CCC(C(=O)c1ccccc1)N1CCC(OC(c2ccccc2)c2ccccc2)(C(C)(C)C)CC1. The molecule has 1 unspecified atom stereocenters. The molecule has 1 atom stereocenters. The molecule has 0 spiro atoms. The fourth-order valence-corrected chi connectivity index (χ4v) is 5.46. The zero-order chi connectivity index (χ0) is 24.9. The van der Waals surface area contributed by atoms with Crippen LogP contribution in [-0.2, 0) is 4.74 Å². The standard InChI is InChI=1S/C32H39NO2/c1-5-28(29(34)25-15-9-6-10-16-25)33-23-21-32(22-24-33,31(2,3)4)35-30(26-17-11-7-12-18-26)27-19-13-8-14-20-27/h6-20,28,30H,5,21-24H2,1-4H3. The Hall–Kier alpha value is -2.75. The second-order valence-corrected chi connectivity index (χ2v) is 10.8. The minimum absolute atomic E-state index is 0.0496. The van der Waals surface area contributed by atoms with E-state index < -0.39 is 0 Å². The number of ether oxygens (including phenoxy) is 1. The maximum atomic E-state index is 13.3. The van der Waals surface area contributed by atoms with Crippen molar-refractivity contribution in [2.24, 2.45) is 5.41 Å². The molecule has 4 rings (SSSR count). The molecule has 3 aromatic carbocycles. The van der Waals surface area contributed by atoms with E-state index in [0.717, 1.165) is 37.9 Å². The predicted octanol–water partition coefficient (Wildman–Crippen LogP) is 7.33. The summed E-state index contributed by atoms with van der Waals surface area (Å²) in [7, 11) is 0. The van der Waals surface area contributed by atoms with Gasteiger partial charge in [0.2, 0.25) is 0 Å². The first-order chi connectivity index (χ1) is 16.8. The van der Waals surface area contributed by atoms with Crippen LogP contribution in [0.15, 0.2) is 91.0 Å². The topological polar surface area (TPSA) is 29.5 Å². The Balaban J connectivity index is 1.59. The maximum Gasteiger partial charge on any atom is 0.179 e. The van der Waals surface area contributed by atoms with Gasteiger partial charge in [0.1, 0.15) is 6.10 Å². The fraction of sp³-hybridized carbons (Fsp3) is 0.406. The van der Waals surface area contributed by atoms with Crippen molar-refractivity contribution in [1.29, 1.82) is 0 Å². The lowest BCUT2D eigenvalue weighted by molar-refractivity contribution is -0.172. The van der Waals surface area contributed by atoms with E-state index in [9.17, 15) is 4.79 Å². The van der Waals surface area contributed by atoms with Gasteiger partial charge in [0.25, 0.3) is 0 Å². The molecule has 1 aliphatic heterocycles. The van der Waals surface area contributed by atoms with Crippen LogP contribution in [0, 0.1) is 5.41 Å². The summed E-state index contributed by atoms with van der Waals surface area (Å²) in [5.41, 5.74) is 2.81. The molecule has 0 radical (unpaired) electrons. The van der Waals surface area contributed by atoms with Gasteiger partial charge in [-0.25, -0.2) is 0 Å². The Morgan fingerprint density at radius 2 is 1.29 bits per heavy atom. The first-order valence-electron chi connectivity index (χ1n) is 13.0. The van der Waals surface area contributed by atoms with Crippen LogP contribution in [0.1, 0.15) is 74.5 Å². The highest BCUT2D eigenvalue weighted by Gasteiger charge is 2.48. The quantitative estimate of drug-likeness (QED) is 0.323. The second-order valence-electron chi connectivity index (χ2n) is 10.8. The molecule has 1 fully saturated rings. The van der Waals surface area contributed by atoms with Crippen LogP contribution < -0.4 is 0 Å². The van der Waals surface area contributed by atoms with E-state index in [1.165, 1.54) is 11.1 Å². The highest BCUT2D eigenvalue weighted by molar-refractivity contribution is 6.00. The third-order valence-corrected chi connectivity index (χ3v) is 7.71. The van der Waals surface area contributed by atoms with Crippen molar-refractivity contribution in [3.05, 3.63) is 108 Å². The van der Waals surface area contributed by atoms with Crippen LogP contribution in [0.2, 0.25) is 0 Å². The van der Waals surface area contributed by atoms with Crippen molar-refractivity contribution < 1.29 is 9.53 Å². The summed E-state index contributed by atoms with van der Waals surface area (Å²) >= 11 is 0. The molecule has 35 heavy (non-hydrogen) atoms. The Labute approximate surface area is 211 Å². The molecular formula is C32H39NO2. The molecule has 184 valence electrons. The summed E-state index contributed by atoms with van der Waals surface area (Å²) < 4.78 is 7.21. The number of likely N-dealkylation sites (tertiary alicyclic amines) is 1. The van der Waals surface area contributed by atoms with Crippen molar-refractivity contribution in [1.82, 2.24) is 4.90 Å². The first kappa shape index (κ1) is 25.3. The Morgan fingerprint density at radius 1 is 0.829 bits per heavy atom. The lowest BCUT2D eigenvalue weighted by Gasteiger charge is -2.52. The molecule has 3 nitrogen and oxygen atoms in total. The molecule has 0 aliphatic carbocycles. The highest BCUT2D eigenvalue weighted by Crippen LogP contribution is 2.46. The number of hydrogen-bond acceptors (Lipinski definition) is 3. The Bertz CT molecular complexity index is 1030. The van der Waals surface area contributed by atoms with Gasteiger partial charge in [-0.1, -0.05) is 119 Å². The number of hydrogen-bond donors (Lipinski definition) is 0. The van der Waals surface area contributed by atoms with Gasteiger partial charge in [0.15, 0.2) is 5.78 Å². The minimum atomic E-state index is -0.298. The average molecular weight is 470 g/mol. The predicted molar refractivity (Wildman–Crippen MR) is 144 cm³/mol. The Morgan fingerprint density at radius 3 is 1.71 bits per heavy atom. The van der Waals surface area contributed by atoms with E-state index in [0.29, 0.717) is 0 Å². The number of Topliss-reactive ketones (excluding diaryl/α,β-unsaturated/α-hetero) is 1. The molecule has 0 saturated carbocycles. The average Bonchev–Trinajstić information content (AvgIpc) is 2.89. The molecule has 3 aromatic rings. The third kappa shape index (κ3) is 5.58. The van der Waals surface area contributed by atoms with E-state index in [2.05, 4.69) is 93.3 Å². The van der Waals surface area contributed by atoms with Gasteiger partial charge >= 0.3 is 0 Å².